The molecule has 5 heteroatoms. The Morgan fingerprint density at radius 1 is 1.08 bits per heavy atom. The summed E-state index contributed by atoms with van der Waals surface area (Å²) in [7, 11) is 1.96. The largest absolute Gasteiger partial charge is 0.319 e. The molecule has 2 aromatic carbocycles. The molecule has 2 aromatic heterocycles. The number of hydrogen-bond acceptors (Lipinski definition) is 3. The fourth-order valence-electron chi connectivity index (χ4n) is 3.19. The van der Waals surface area contributed by atoms with E-state index in [1.165, 1.54) is 15.8 Å². The van der Waals surface area contributed by atoms with Crippen LogP contribution in [0, 0.1) is 20.8 Å². The van der Waals surface area contributed by atoms with Crippen molar-refractivity contribution in [3.63, 3.8) is 0 Å². The second-order valence-electron chi connectivity index (χ2n) is 6.65. The van der Waals surface area contributed by atoms with Crippen LogP contribution in [0.3, 0.4) is 0 Å². The Morgan fingerprint density at radius 2 is 1.88 bits per heavy atom. The number of aromatic nitrogens is 2. The highest BCUT2D eigenvalue weighted by Gasteiger charge is 2.10. The number of rotatable bonds is 1. The molecule has 4 rings (SSSR count). The van der Waals surface area contributed by atoms with Gasteiger partial charge < -0.3 is 4.57 Å². The van der Waals surface area contributed by atoms with E-state index in [4.69, 9.17) is 0 Å². The van der Waals surface area contributed by atoms with Gasteiger partial charge in [0.15, 0.2) is 4.80 Å². The zero-order valence-corrected chi connectivity index (χ0v) is 16.0. The first-order valence-electron chi connectivity index (χ1n) is 8.45. The third kappa shape index (κ3) is 2.84. The Bertz CT molecular complexity index is 1250. The highest BCUT2D eigenvalue weighted by atomic mass is 32.1. The summed E-state index contributed by atoms with van der Waals surface area (Å²) in [6, 6.07) is 13.8. The molecule has 0 aliphatic rings. The lowest BCUT2D eigenvalue weighted by molar-refractivity contribution is 0.0998. The molecule has 4 nitrogen and oxygen atoms in total. The smallest absolute Gasteiger partial charge is 0.279 e. The first-order valence-corrected chi connectivity index (χ1v) is 9.27. The van der Waals surface area contributed by atoms with E-state index in [9.17, 15) is 4.79 Å². The van der Waals surface area contributed by atoms with Gasteiger partial charge in [0, 0.05) is 23.7 Å². The molecule has 2 heterocycles. The molecule has 0 radical (unpaired) electrons. The number of nitrogens with zero attached hydrogens (tertiary/aromatic N) is 3. The molecule has 1 amide bonds. The summed E-state index contributed by atoms with van der Waals surface area (Å²) in [4.78, 5) is 22.3. The second kappa shape index (κ2) is 6.18. The predicted molar refractivity (Wildman–Crippen MR) is 107 cm³/mol. The molecule has 0 saturated carbocycles. The van der Waals surface area contributed by atoms with Crippen LogP contribution >= 0.6 is 11.3 Å². The van der Waals surface area contributed by atoms with Crippen molar-refractivity contribution in [1.29, 1.82) is 0 Å². The lowest BCUT2D eigenvalue weighted by Gasteiger charge is -2.01. The van der Waals surface area contributed by atoms with E-state index < -0.39 is 0 Å². The standard InChI is InChI=1S/C21H19N3OS/c1-12-9-13(2)19-18(10-12)24(4)21(26-19)23-20(25)16-7-8-17-15(11-16)6-5-14(3)22-17/h5-11H,1-4H3. The van der Waals surface area contributed by atoms with Gasteiger partial charge in [0.05, 0.1) is 15.7 Å². The van der Waals surface area contributed by atoms with E-state index in [1.807, 2.05) is 42.8 Å². The van der Waals surface area contributed by atoms with Gasteiger partial charge in [0.1, 0.15) is 0 Å². The molecular formula is C21H19N3OS. The average molecular weight is 361 g/mol. The van der Waals surface area contributed by atoms with Gasteiger partial charge in [0.2, 0.25) is 0 Å². The number of benzene rings is 2. The summed E-state index contributed by atoms with van der Waals surface area (Å²) < 4.78 is 3.16. The van der Waals surface area contributed by atoms with Gasteiger partial charge in [-0.2, -0.15) is 4.99 Å². The molecule has 0 bridgehead atoms. The molecule has 0 spiro atoms. The van der Waals surface area contributed by atoms with Gasteiger partial charge in [-0.15, -0.1) is 0 Å². The lowest BCUT2D eigenvalue weighted by atomic mass is 10.1. The molecule has 0 aliphatic heterocycles. The minimum atomic E-state index is -0.232. The average Bonchev–Trinajstić information content (AvgIpc) is 2.91. The van der Waals surface area contributed by atoms with E-state index in [1.54, 1.807) is 17.4 Å². The predicted octanol–water partition coefficient (Wildman–Crippen LogP) is 4.45. The van der Waals surface area contributed by atoms with Gasteiger partial charge in [-0.3, -0.25) is 9.78 Å². The van der Waals surface area contributed by atoms with E-state index in [0.29, 0.717) is 10.4 Å². The number of hydrogen-bond donors (Lipinski definition) is 0. The van der Waals surface area contributed by atoms with Gasteiger partial charge >= 0.3 is 0 Å². The van der Waals surface area contributed by atoms with Crippen molar-refractivity contribution in [3.05, 3.63) is 69.7 Å². The van der Waals surface area contributed by atoms with Crippen molar-refractivity contribution < 1.29 is 4.79 Å². The number of aryl methyl sites for hydroxylation is 4. The number of amides is 1. The third-order valence-corrected chi connectivity index (χ3v) is 5.80. The Morgan fingerprint density at radius 3 is 2.69 bits per heavy atom. The van der Waals surface area contributed by atoms with Gasteiger partial charge in [-0.25, -0.2) is 0 Å². The maximum atomic E-state index is 12.7. The summed E-state index contributed by atoms with van der Waals surface area (Å²) in [5.41, 5.74) is 5.95. The number of pyridine rings is 1. The Balaban J connectivity index is 1.82. The first-order chi connectivity index (χ1) is 12.4. The van der Waals surface area contributed by atoms with Crippen LogP contribution in [0.15, 0.2) is 47.5 Å². The summed E-state index contributed by atoms with van der Waals surface area (Å²) >= 11 is 1.55. The lowest BCUT2D eigenvalue weighted by Crippen LogP contribution is -2.13. The molecule has 130 valence electrons. The number of thiazole rings is 1. The summed E-state index contributed by atoms with van der Waals surface area (Å²) in [5, 5.41) is 0.948. The molecule has 0 atom stereocenters. The highest BCUT2D eigenvalue weighted by Crippen LogP contribution is 2.23. The van der Waals surface area contributed by atoms with Crippen LogP contribution in [0.25, 0.3) is 21.1 Å². The summed E-state index contributed by atoms with van der Waals surface area (Å²) in [6.45, 7) is 6.13. The molecular weight excluding hydrogens is 342 g/mol. The first kappa shape index (κ1) is 16.7. The van der Waals surface area contributed by atoms with Crippen molar-refractivity contribution in [2.24, 2.45) is 12.0 Å². The van der Waals surface area contributed by atoms with E-state index >= 15 is 0 Å². The van der Waals surface area contributed by atoms with Gasteiger partial charge in [-0.1, -0.05) is 23.5 Å². The minimum Gasteiger partial charge on any atom is -0.319 e. The molecule has 0 aliphatic carbocycles. The fourth-order valence-corrected chi connectivity index (χ4v) is 4.25. The van der Waals surface area contributed by atoms with Crippen LogP contribution in [-0.2, 0) is 7.05 Å². The Kier molecular flexibility index (Phi) is 3.96. The normalized spacial score (nSPS) is 12.2. The maximum absolute atomic E-state index is 12.7. The van der Waals surface area contributed by atoms with Crippen molar-refractivity contribution in [2.75, 3.05) is 0 Å². The fraction of sp³-hybridized carbons (Fsp3) is 0.190. The van der Waals surface area contributed by atoms with Crippen molar-refractivity contribution in [2.45, 2.75) is 20.8 Å². The highest BCUT2D eigenvalue weighted by molar-refractivity contribution is 7.16. The topological polar surface area (TPSA) is 47.2 Å². The number of fused-ring (bicyclic) bond motifs is 2. The molecule has 0 saturated heterocycles. The van der Waals surface area contributed by atoms with Crippen LogP contribution in [-0.4, -0.2) is 15.5 Å². The quantitative estimate of drug-likeness (QED) is 0.503. The minimum absolute atomic E-state index is 0.232. The van der Waals surface area contributed by atoms with Crippen molar-refractivity contribution in [1.82, 2.24) is 9.55 Å². The SMILES string of the molecule is Cc1cc(C)c2sc(=NC(=O)c3ccc4nc(C)ccc4c3)n(C)c2c1. The third-order valence-electron chi connectivity index (χ3n) is 4.51. The van der Waals surface area contributed by atoms with Crippen LogP contribution in [0.1, 0.15) is 27.2 Å². The molecule has 4 aromatic rings. The van der Waals surface area contributed by atoms with Crippen LogP contribution < -0.4 is 4.80 Å². The molecule has 0 N–H and O–H groups in total. The molecule has 0 unspecified atom stereocenters. The van der Waals surface area contributed by atoms with Crippen LogP contribution in [0.4, 0.5) is 0 Å². The Labute approximate surface area is 155 Å². The number of carbonyl (C=O) groups excluding carboxylic acids is 1. The monoisotopic (exact) mass is 361 g/mol. The van der Waals surface area contributed by atoms with Crippen molar-refractivity contribution in [3.8, 4) is 0 Å². The van der Waals surface area contributed by atoms with Crippen molar-refractivity contribution >= 4 is 38.4 Å². The van der Waals surface area contributed by atoms with E-state index in [-0.39, 0.29) is 5.91 Å². The van der Waals surface area contributed by atoms with E-state index in [2.05, 4.69) is 36.0 Å². The van der Waals surface area contributed by atoms with Crippen LogP contribution in [0.2, 0.25) is 0 Å². The zero-order chi connectivity index (χ0) is 18.4. The Hall–Kier alpha value is -2.79. The second-order valence-corrected chi connectivity index (χ2v) is 7.63. The molecule has 26 heavy (non-hydrogen) atoms. The van der Waals surface area contributed by atoms with E-state index in [0.717, 1.165) is 22.1 Å². The summed E-state index contributed by atoms with van der Waals surface area (Å²) in [5.74, 6) is -0.232. The summed E-state index contributed by atoms with van der Waals surface area (Å²) in [6.07, 6.45) is 0. The maximum Gasteiger partial charge on any atom is 0.279 e. The van der Waals surface area contributed by atoms with Gasteiger partial charge in [0.25, 0.3) is 5.91 Å². The number of carbonyl (C=O) groups is 1. The zero-order valence-electron chi connectivity index (χ0n) is 15.2. The van der Waals surface area contributed by atoms with Crippen LogP contribution in [0.5, 0.6) is 0 Å². The molecule has 0 fully saturated rings. The van der Waals surface area contributed by atoms with Gasteiger partial charge in [-0.05, 0) is 62.2 Å².